The van der Waals surface area contributed by atoms with Gasteiger partial charge in [-0.25, -0.2) is 14.8 Å². The number of nitrogens with zero attached hydrogens (tertiary/aromatic N) is 3. The summed E-state index contributed by atoms with van der Waals surface area (Å²) in [4.78, 5) is 19.9. The molecule has 12 heteroatoms. The summed E-state index contributed by atoms with van der Waals surface area (Å²) in [6, 6.07) is 3.27. The number of methoxy groups -OCH3 is 1. The van der Waals surface area contributed by atoms with Gasteiger partial charge in [-0.15, -0.1) is 0 Å². The van der Waals surface area contributed by atoms with Crippen LogP contribution in [0.15, 0.2) is 29.0 Å². The third-order valence-electron chi connectivity index (χ3n) is 5.48. The van der Waals surface area contributed by atoms with Crippen molar-refractivity contribution in [2.75, 3.05) is 30.8 Å². The molecule has 0 radical (unpaired) electrons. The summed E-state index contributed by atoms with van der Waals surface area (Å²) in [6.45, 7) is 1.60. The largest absolute Gasteiger partial charge is 0.453 e. The van der Waals surface area contributed by atoms with Crippen molar-refractivity contribution in [3.05, 3.63) is 34.6 Å². The van der Waals surface area contributed by atoms with Crippen LogP contribution in [-0.4, -0.2) is 46.9 Å². The Morgan fingerprint density at radius 3 is 2.82 bits per heavy atom. The van der Waals surface area contributed by atoms with E-state index in [0.29, 0.717) is 33.2 Å². The Labute approximate surface area is 196 Å². The zero-order valence-electron chi connectivity index (χ0n) is 17.9. The number of benzene rings is 1. The lowest BCUT2D eigenvalue weighted by atomic mass is 10.1. The first-order chi connectivity index (χ1) is 15.7. The highest BCUT2D eigenvalue weighted by Gasteiger charge is 2.36. The SMILES string of the molecule is COC(=O)Nc1ccc2c(-c3nc(N[C@H]4CCCNC4)ncc3C(F)(F)F)cn(C)c2c1Br. The lowest BCUT2D eigenvalue weighted by Crippen LogP contribution is -2.38. The fourth-order valence-corrected chi connectivity index (χ4v) is 4.65. The lowest BCUT2D eigenvalue weighted by Gasteiger charge is -2.24. The minimum absolute atomic E-state index is 0.0388. The summed E-state index contributed by atoms with van der Waals surface area (Å²) in [5.41, 5.74) is 0.187. The molecule has 1 aliphatic rings. The maximum Gasteiger partial charge on any atom is 0.419 e. The van der Waals surface area contributed by atoms with Crippen LogP contribution in [0.3, 0.4) is 0 Å². The van der Waals surface area contributed by atoms with Crippen LogP contribution in [0, 0.1) is 0 Å². The molecule has 176 valence electrons. The van der Waals surface area contributed by atoms with E-state index in [1.807, 2.05) is 0 Å². The summed E-state index contributed by atoms with van der Waals surface area (Å²) >= 11 is 3.45. The van der Waals surface area contributed by atoms with E-state index in [0.717, 1.165) is 25.6 Å². The second kappa shape index (κ2) is 9.18. The number of alkyl halides is 3. The quantitative estimate of drug-likeness (QED) is 0.453. The molecule has 1 atom stereocenters. The first-order valence-electron chi connectivity index (χ1n) is 10.2. The van der Waals surface area contributed by atoms with E-state index in [2.05, 4.69) is 46.6 Å². The third kappa shape index (κ3) is 4.76. The first-order valence-corrected chi connectivity index (χ1v) is 11.0. The molecular weight excluding hydrogens is 505 g/mol. The third-order valence-corrected chi connectivity index (χ3v) is 6.29. The highest BCUT2D eigenvalue weighted by atomic mass is 79.9. The molecule has 1 fully saturated rings. The van der Waals surface area contributed by atoms with Crippen LogP contribution in [0.4, 0.5) is 29.6 Å². The average Bonchev–Trinajstić information content (AvgIpc) is 3.12. The van der Waals surface area contributed by atoms with Crippen molar-refractivity contribution >= 4 is 44.6 Å². The van der Waals surface area contributed by atoms with Crippen molar-refractivity contribution in [3.8, 4) is 11.3 Å². The number of ether oxygens (including phenoxy) is 1. The van der Waals surface area contributed by atoms with Gasteiger partial charge in [0.05, 0.1) is 28.5 Å². The second-order valence-electron chi connectivity index (χ2n) is 7.73. The monoisotopic (exact) mass is 526 g/mol. The van der Waals surface area contributed by atoms with Crippen LogP contribution in [0.2, 0.25) is 0 Å². The van der Waals surface area contributed by atoms with E-state index in [9.17, 15) is 18.0 Å². The van der Waals surface area contributed by atoms with Gasteiger partial charge in [0.25, 0.3) is 0 Å². The topological polar surface area (TPSA) is 93.1 Å². The van der Waals surface area contributed by atoms with Crippen molar-refractivity contribution in [1.29, 1.82) is 0 Å². The molecule has 1 amide bonds. The molecule has 8 nitrogen and oxygen atoms in total. The zero-order chi connectivity index (χ0) is 23.8. The number of carbonyl (C=O) groups excluding carboxylic acids is 1. The lowest BCUT2D eigenvalue weighted by molar-refractivity contribution is -0.137. The number of anilines is 2. The molecule has 1 aromatic carbocycles. The van der Waals surface area contributed by atoms with Gasteiger partial charge in [0.1, 0.15) is 5.56 Å². The molecule has 0 unspecified atom stereocenters. The van der Waals surface area contributed by atoms with Gasteiger partial charge in [0.15, 0.2) is 0 Å². The molecular formula is C21H22BrF3N6O2. The van der Waals surface area contributed by atoms with Gasteiger partial charge >= 0.3 is 12.3 Å². The van der Waals surface area contributed by atoms with Crippen LogP contribution in [0.25, 0.3) is 22.2 Å². The van der Waals surface area contributed by atoms with Gasteiger partial charge in [0, 0.05) is 43.0 Å². The van der Waals surface area contributed by atoms with Gasteiger partial charge in [-0.3, -0.25) is 5.32 Å². The molecule has 2 aromatic heterocycles. The van der Waals surface area contributed by atoms with Crippen molar-refractivity contribution in [3.63, 3.8) is 0 Å². The number of piperidine rings is 1. The number of amides is 1. The van der Waals surface area contributed by atoms with Crippen LogP contribution >= 0.6 is 15.9 Å². The van der Waals surface area contributed by atoms with Crippen LogP contribution in [0.5, 0.6) is 0 Å². The smallest absolute Gasteiger partial charge is 0.419 e. The number of hydrogen-bond acceptors (Lipinski definition) is 6. The van der Waals surface area contributed by atoms with Crippen LogP contribution in [-0.2, 0) is 18.0 Å². The highest BCUT2D eigenvalue weighted by Crippen LogP contribution is 2.42. The molecule has 1 saturated heterocycles. The maximum absolute atomic E-state index is 13.9. The Morgan fingerprint density at radius 1 is 1.36 bits per heavy atom. The molecule has 3 N–H and O–H groups in total. The Hall–Kier alpha value is -2.86. The molecule has 0 aliphatic carbocycles. The van der Waals surface area contributed by atoms with Gasteiger partial charge in [-0.05, 0) is 47.4 Å². The fraction of sp³-hybridized carbons (Fsp3) is 0.381. The standard InChI is InChI=1S/C21H22BrF3N6O2/c1-31-10-13(12-5-6-15(16(22)18(12)31)29-20(32)33-2)17-14(21(23,24)25)9-27-19(30-17)28-11-4-3-7-26-8-11/h5-6,9-11,26H,3-4,7-8H2,1-2H3,(H,29,32)(H,27,28,30)/t11-/m0/s1. The van der Waals surface area contributed by atoms with E-state index in [1.54, 1.807) is 29.9 Å². The maximum atomic E-state index is 13.9. The number of nitrogens with one attached hydrogen (secondary N) is 3. The van der Waals surface area contributed by atoms with Gasteiger partial charge < -0.3 is 19.9 Å². The number of halogens is 4. The summed E-state index contributed by atoms with van der Waals surface area (Å²) < 4.78 is 48.4. The van der Waals surface area contributed by atoms with Crippen LogP contribution < -0.4 is 16.0 Å². The highest BCUT2D eigenvalue weighted by molar-refractivity contribution is 9.10. The van der Waals surface area contributed by atoms with Gasteiger partial charge in [0.2, 0.25) is 5.95 Å². The Bertz CT molecular complexity index is 1190. The van der Waals surface area contributed by atoms with Crippen LogP contribution in [0.1, 0.15) is 18.4 Å². The normalized spacial score (nSPS) is 16.6. The van der Waals surface area contributed by atoms with E-state index in [-0.39, 0.29) is 17.7 Å². The second-order valence-corrected chi connectivity index (χ2v) is 8.53. The minimum atomic E-state index is -4.63. The predicted octanol–water partition coefficient (Wildman–Crippen LogP) is 4.76. The van der Waals surface area contributed by atoms with Crippen molar-refractivity contribution < 1.29 is 22.7 Å². The zero-order valence-corrected chi connectivity index (χ0v) is 19.5. The summed E-state index contributed by atoms with van der Waals surface area (Å²) in [7, 11) is 2.95. The average molecular weight is 527 g/mol. The van der Waals surface area contributed by atoms with E-state index >= 15 is 0 Å². The molecule has 4 rings (SSSR count). The molecule has 3 aromatic rings. The number of carbonyl (C=O) groups is 1. The van der Waals surface area contributed by atoms with E-state index in [4.69, 9.17) is 0 Å². The Kier molecular flexibility index (Phi) is 6.48. The molecule has 0 saturated carbocycles. The molecule has 3 heterocycles. The Morgan fingerprint density at radius 2 is 2.15 bits per heavy atom. The number of aromatic nitrogens is 3. The number of fused-ring (bicyclic) bond motifs is 1. The molecule has 0 spiro atoms. The summed E-state index contributed by atoms with van der Waals surface area (Å²) in [6.07, 6.45) is -1.05. The molecule has 0 bridgehead atoms. The Balaban J connectivity index is 1.82. The summed E-state index contributed by atoms with van der Waals surface area (Å²) in [5, 5.41) is 9.50. The van der Waals surface area contributed by atoms with E-state index < -0.39 is 17.8 Å². The number of aryl methyl sites for hydroxylation is 1. The van der Waals surface area contributed by atoms with Gasteiger partial charge in [-0.2, -0.15) is 13.2 Å². The van der Waals surface area contributed by atoms with Crippen molar-refractivity contribution in [2.24, 2.45) is 7.05 Å². The van der Waals surface area contributed by atoms with Crippen molar-refractivity contribution in [2.45, 2.75) is 25.1 Å². The molecule has 1 aliphatic heterocycles. The van der Waals surface area contributed by atoms with Crippen molar-refractivity contribution in [1.82, 2.24) is 19.9 Å². The summed E-state index contributed by atoms with van der Waals surface area (Å²) in [5.74, 6) is 0.145. The predicted molar refractivity (Wildman–Crippen MR) is 122 cm³/mol. The number of hydrogen-bond donors (Lipinski definition) is 3. The van der Waals surface area contributed by atoms with E-state index in [1.165, 1.54) is 7.11 Å². The number of rotatable bonds is 4. The minimum Gasteiger partial charge on any atom is -0.453 e. The fourth-order valence-electron chi connectivity index (χ4n) is 3.92. The van der Waals surface area contributed by atoms with Gasteiger partial charge in [-0.1, -0.05) is 0 Å². The molecule has 33 heavy (non-hydrogen) atoms. The first kappa shape index (κ1) is 23.3.